The van der Waals surface area contributed by atoms with Gasteiger partial charge in [0.05, 0.1) is 5.69 Å². The van der Waals surface area contributed by atoms with E-state index in [1.54, 1.807) is 0 Å². The molecule has 0 aliphatic carbocycles. The molecule has 0 saturated carbocycles. The van der Waals surface area contributed by atoms with E-state index in [9.17, 15) is 0 Å². The molecule has 0 radical (unpaired) electrons. The predicted octanol–water partition coefficient (Wildman–Crippen LogP) is 3.41. The summed E-state index contributed by atoms with van der Waals surface area (Å²) in [5, 5.41) is 3.83. The Morgan fingerprint density at radius 1 is 1.11 bits per heavy atom. The average molecular weight is 276 g/mol. The molecule has 19 heavy (non-hydrogen) atoms. The van der Waals surface area contributed by atoms with Gasteiger partial charge in [-0.3, -0.25) is 4.90 Å². The minimum absolute atomic E-state index is 0.773. The van der Waals surface area contributed by atoms with E-state index in [2.05, 4.69) is 34.4 Å². The fourth-order valence-corrected chi connectivity index (χ4v) is 2.07. The zero-order valence-electron chi connectivity index (χ0n) is 11.2. The topological polar surface area (TPSA) is 28.2 Å². The van der Waals surface area contributed by atoms with Gasteiger partial charge in [-0.05, 0) is 36.9 Å². The number of anilines is 1. The van der Waals surface area contributed by atoms with Crippen molar-refractivity contribution in [1.29, 1.82) is 0 Å². The zero-order valence-corrected chi connectivity index (χ0v) is 12.0. The summed E-state index contributed by atoms with van der Waals surface area (Å²) in [6.07, 6.45) is 0. The van der Waals surface area contributed by atoms with E-state index in [4.69, 9.17) is 11.6 Å². The molecule has 1 N–H and O–H groups in total. The van der Waals surface area contributed by atoms with Crippen molar-refractivity contribution in [1.82, 2.24) is 9.88 Å². The van der Waals surface area contributed by atoms with Crippen LogP contribution in [0, 0.1) is 0 Å². The normalized spacial score (nSPS) is 10.7. The van der Waals surface area contributed by atoms with E-state index in [0.717, 1.165) is 29.6 Å². The zero-order chi connectivity index (χ0) is 13.7. The lowest BCUT2D eigenvalue weighted by molar-refractivity contribution is 0.315. The summed E-state index contributed by atoms with van der Waals surface area (Å²) in [5.41, 5.74) is 2.31. The van der Waals surface area contributed by atoms with Crippen LogP contribution in [0.5, 0.6) is 0 Å². The number of halogens is 1. The minimum Gasteiger partial charge on any atom is -0.373 e. The summed E-state index contributed by atoms with van der Waals surface area (Å²) < 4.78 is 0. The first-order valence-corrected chi connectivity index (χ1v) is 6.62. The van der Waals surface area contributed by atoms with Crippen LogP contribution >= 0.6 is 11.6 Å². The van der Waals surface area contributed by atoms with Crippen LogP contribution in [-0.4, -0.2) is 24.0 Å². The summed E-state index contributed by atoms with van der Waals surface area (Å²) in [7, 11) is 3.96. The molecule has 0 unspecified atom stereocenters. The molecule has 0 aliphatic heterocycles. The van der Waals surface area contributed by atoms with Crippen LogP contribution in [0.3, 0.4) is 0 Å². The Labute approximate surface area is 119 Å². The predicted molar refractivity (Wildman–Crippen MR) is 80.4 cm³/mol. The van der Waals surface area contributed by atoms with Gasteiger partial charge in [0.2, 0.25) is 0 Å². The third kappa shape index (κ3) is 4.23. The maximum atomic E-state index is 5.88. The lowest BCUT2D eigenvalue weighted by Crippen LogP contribution is -2.18. The Hall–Kier alpha value is -1.58. The molecule has 0 fully saturated rings. The van der Waals surface area contributed by atoms with Gasteiger partial charge in [-0.1, -0.05) is 29.8 Å². The largest absolute Gasteiger partial charge is 0.373 e. The van der Waals surface area contributed by atoms with Crippen LogP contribution in [0.15, 0.2) is 42.5 Å². The number of benzene rings is 1. The van der Waals surface area contributed by atoms with Gasteiger partial charge in [0, 0.05) is 25.2 Å². The van der Waals surface area contributed by atoms with Crippen molar-refractivity contribution in [3.8, 4) is 0 Å². The molecule has 0 saturated heterocycles. The van der Waals surface area contributed by atoms with E-state index < -0.39 is 0 Å². The Balaban J connectivity index is 1.96. The number of hydrogen-bond donors (Lipinski definition) is 1. The lowest BCUT2D eigenvalue weighted by atomic mass is 10.2. The van der Waals surface area contributed by atoms with Crippen LogP contribution in [-0.2, 0) is 13.1 Å². The van der Waals surface area contributed by atoms with Crippen LogP contribution < -0.4 is 5.32 Å². The Morgan fingerprint density at radius 3 is 2.53 bits per heavy atom. The molecular formula is C15H18ClN3. The van der Waals surface area contributed by atoms with Gasteiger partial charge >= 0.3 is 0 Å². The summed E-state index contributed by atoms with van der Waals surface area (Å²) in [4.78, 5) is 6.74. The molecule has 1 aromatic carbocycles. The van der Waals surface area contributed by atoms with Crippen molar-refractivity contribution in [2.75, 3.05) is 19.4 Å². The number of aromatic nitrogens is 1. The second kappa shape index (κ2) is 6.55. The van der Waals surface area contributed by atoms with Crippen molar-refractivity contribution in [2.24, 2.45) is 0 Å². The Bertz CT molecular complexity index is 525. The Morgan fingerprint density at radius 2 is 1.84 bits per heavy atom. The molecule has 0 amide bonds. The first-order chi connectivity index (χ1) is 9.17. The monoisotopic (exact) mass is 275 g/mol. The van der Waals surface area contributed by atoms with Crippen LogP contribution in [0.25, 0.3) is 0 Å². The fraction of sp³-hybridized carbons (Fsp3) is 0.267. The summed E-state index contributed by atoms with van der Waals surface area (Å²) in [6, 6.07) is 14.0. The van der Waals surface area contributed by atoms with Gasteiger partial charge in [0.1, 0.15) is 5.82 Å². The van der Waals surface area contributed by atoms with Crippen LogP contribution in [0.1, 0.15) is 11.3 Å². The van der Waals surface area contributed by atoms with Gasteiger partial charge in [-0.25, -0.2) is 4.98 Å². The van der Waals surface area contributed by atoms with E-state index in [-0.39, 0.29) is 0 Å². The first kappa shape index (κ1) is 13.8. The lowest BCUT2D eigenvalue weighted by Gasteiger charge is -2.16. The maximum absolute atomic E-state index is 5.88. The quantitative estimate of drug-likeness (QED) is 0.906. The molecule has 4 heteroatoms. The van der Waals surface area contributed by atoms with Crippen molar-refractivity contribution in [3.63, 3.8) is 0 Å². The molecule has 100 valence electrons. The molecule has 2 rings (SSSR count). The van der Waals surface area contributed by atoms with E-state index in [0.29, 0.717) is 0 Å². The standard InChI is InChI=1S/C15H18ClN3/c1-17-15-5-3-4-14(18-15)11-19(2)10-12-6-8-13(16)9-7-12/h3-9H,10-11H2,1-2H3,(H,17,18). The summed E-state index contributed by atoms with van der Waals surface area (Å²) >= 11 is 5.88. The second-order valence-electron chi connectivity index (χ2n) is 4.56. The van der Waals surface area contributed by atoms with Crippen molar-refractivity contribution in [3.05, 3.63) is 58.7 Å². The van der Waals surface area contributed by atoms with Crippen molar-refractivity contribution in [2.45, 2.75) is 13.1 Å². The summed E-state index contributed by atoms with van der Waals surface area (Å²) in [6.45, 7) is 1.70. The molecule has 1 heterocycles. The highest BCUT2D eigenvalue weighted by molar-refractivity contribution is 6.30. The summed E-state index contributed by atoms with van der Waals surface area (Å²) in [5.74, 6) is 0.900. The molecule has 0 atom stereocenters. The number of rotatable bonds is 5. The molecule has 0 bridgehead atoms. The molecule has 1 aromatic heterocycles. The highest BCUT2D eigenvalue weighted by Crippen LogP contribution is 2.12. The van der Waals surface area contributed by atoms with Gasteiger partial charge in [-0.2, -0.15) is 0 Å². The minimum atomic E-state index is 0.773. The first-order valence-electron chi connectivity index (χ1n) is 6.24. The molecule has 3 nitrogen and oxygen atoms in total. The van der Waals surface area contributed by atoms with Crippen LogP contribution in [0.2, 0.25) is 5.02 Å². The number of pyridine rings is 1. The van der Waals surface area contributed by atoms with Crippen LogP contribution in [0.4, 0.5) is 5.82 Å². The fourth-order valence-electron chi connectivity index (χ4n) is 1.94. The molecule has 0 spiro atoms. The van der Waals surface area contributed by atoms with Gasteiger partial charge < -0.3 is 5.32 Å². The van der Waals surface area contributed by atoms with Gasteiger partial charge in [0.15, 0.2) is 0 Å². The molecule has 0 aliphatic rings. The highest BCUT2D eigenvalue weighted by atomic mass is 35.5. The smallest absolute Gasteiger partial charge is 0.126 e. The third-order valence-corrected chi connectivity index (χ3v) is 3.11. The van der Waals surface area contributed by atoms with E-state index >= 15 is 0 Å². The SMILES string of the molecule is CNc1cccc(CN(C)Cc2ccc(Cl)cc2)n1. The number of nitrogens with zero attached hydrogens (tertiary/aromatic N) is 2. The maximum Gasteiger partial charge on any atom is 0.126 e. The van der Waals surface area contributed by atoms with Crippen molar-refractivity contribution < 1.29 is 0 Å². The number of hydrogen-bond acceptors (Lipinski definition) is 3. The molecule has 2 aromatic rings. The molecular weight excluding hydrogens is 258 g/mol. The van der Waals surface area contributed by atoms with Crippen molar-refractivity contribution >= 4 is 17.4 Å². The van der Waals surface area contributed by atoms with E-state index in [1.807, 2.05) is 37.4 Å². The highest BCUT2D eigenvalue weighted by Gasteiger charge is 2.03. The van der Waals surface area contributed by atoms with E-state index in [1.165, 1.54) is 5.56 Å². The Kier molecular flexibility index (Phi) is 4.77. The van der Waals surface area contributed by atoms with Gasteiger partial charge in [-0.15, -0.1) is 0 Å². The average Bonchev–Trinajstić information content (AvgIpc) is 2.41. The van der Waals surface area contributed by atoms with Gasteiger partial charge in [0.25, 0.3) is 0 Å². The second-order valence-corrected chi connectivity index (χ2v) is 5.00. The third-order valence-electron chi connectivity index (χ3n) is 2.86. The number of nitrogens with one attached hydrogen (secondary N) is 1.